The minimum absolute atomic E-state index is 0.645. The quantitative estimate of drug-likeness (QED) is 0.615. The molecule has 2 aromatic carbocycles. The summed E-state index contributed by atoms with van der Waals surface area (Å²) < 4.78 is 5.74. The van der Waals surface area contributed by atoms with Crippen molar-refractivity contribution in [2.45, 2.75) is 0 Å². The molecule has 2 nitrogen and oxygen atoms in total. The monoisotopic (exact) mass is 222 g/mol. The number of carbonyl (C=O) groups is 1. The van der Waals surface area contributed by atoms with Crippen molar-refractivity contribution >= 4 is 17.3 Å². The molecule has 0 atom stereocenters. The van der Waals surface area contributed by atoms with E-state index in [1.807, 2.05) is 48.5 Å². The van der Waals surface area contributed by atoms with Crippen LogP contribution in [0.3, 0.4) is 0 Å². The average molecular weight is 222 g/mol. The summed E-state index contributed by atoms with van der Waals surface area (Å²) in [6.07, 6.45) is 0.850. The van der Waals surface area contributed by atoms with Crippen LogP contribution < -0.4 is 0 Å². The Labute approximate surface area is 98.5 Å². The summed E-state index contributed by atoms with van der Waals surface area (Å²) in [7, 11) is 0. The molecule has 0 N–H and O–H groups in total. The van der Waals surface area contributed by atoms with Crippen LogP contribution in [0.5, 0.6) is 0 Å². The molecule has 0 unspecified atom stereocenters. The number of para-hydroxylation sites is 1. The van der Waals surface area contributed by atoms with Crippen LogP contribution in [0.1, 0.15) is 10.4 Å². The number of hydrogen-bond acceptors (Lipinski definition) is 2. The zero-order chi connectivity index (χ0) is 11.7. The molecule has 0 saturated carbocycles. The van der Waals surface area contributed by atoms with Gasteiger partial charge in [-0.3, -0.25) is 4.79 Å². The molecule has 3 rings (SSSR count). The second-order valence-corrected chi connectivity index (χ2v) is 3.85. The van der Waals surface area contributed by atoms with Crippen molar-refractivity contribution in [2.24, 2.45) is 0 Å². The van der Waals surface area contributed by atoms with Crippen molar-refractivity contribution in [1.82, 2.24) is 0 Å². The maximum Gasteiger partial charge on any atom is 0.150 e. The minimum Gasteiger partial charge on any atom is -0.456 e. The second kappa shape index (κ2) is 3.91. The number of carbonyl (C=O) groups excluding carboxylic acids is 1. The van der Waals surface area contributed by atoms with Crippen molar-refractivity contribution < 1.29 is 9.21 Å². The van der Waals surface area contributed by atoms with Crippen molar-refractivity contribution in [3.05, 3.63) is 60.2 Å². The van der Waals surface area contributed by atoms with E-state index in [2.05, 4.69) is 0 Å². The molecule has 0 radical (unpaired) electrons. The SMILES string of the molecule is O=Cc1ccccc1-c1cc2ccccc2o1. The number of rotatable bonds is 2. The highest BCUT2D eigenvalue weighted by Gasteiger charge is 2.08. The van der Waals surface area contributed by atoms with Crippen LogP contribution in [-0.2, 0) is 0 Å². The van der Waals surface area contributed by atoms with Gasteiger partial charge in [0.15, 0.2) is 6.29 Å². The van der Waals surface area contributed by atoms with E-state index in [9.17, 15) is 4.79 Å². The van der Waals surface area contributed by atoms with E-state index < -0.39 is 0 Å². The van der Waals surface area contributed by atoms with Gasteiger partial charge in [-0.15, -0.1) is 0 Å². The first-order valence-electron chi connectivity index (χ1n) is 5.41. The van der Waals surface area contributed by atoms with Crippen LogP contribution in [0.4, 0.5) is 0 Å². The topological polar surface area (TPSA) is 30.2 Å². The third-order valence-corrected chi connectivity index (χ3v) is 2.78. The van der Waals surface area contributed by atoms with Gasteiger partial charge in [0.25, 0.3) is 0 Å². The summed E-state index contributed by atoms with van der Waals surface area (Å²) in [5, 5.41) is 1.04. The Bertz CT molecular complexity index is 647. The van der Waals surface area contributed by atoms with E-state index in [-0.39, 0.29) is 0 Å². The number of aldehydes is 1. The van der Waals surface area contributed by atoms with E-state index >= 15 is 0 Å². The van der Waals surface area contributed by atoms with Crippen LogP contribution >= 0.6 is 0 Å². The Morgan fingerprint density at radius 2 is 1.71 bits per heavy atom. The van der Waals surface area contributed by atoms with Crippen LogP contribution in [0.2, 0.25) is 0 Å². The highest BCUT2D eigenvalue weighted by molar-refractivity contribution is 5.90. The Balaban J connectivity index is 2.23. The van der Waals surface area contributed by atoms with E-state index in [0.29, 0.717) is 5.56 Å². The summed E-state index contributed by atoms with van der Waals surface area (Å²) >= 11 is 0. The van der Waals surface area contributed by atoms with Gasteiger partial charge in [0, 0.05) is 16.5 Å². The average Bonchev–Trinajstić information content (AvgIpc) is 2.82. The molecule has 2 heteroatoms. The fraction of sp³-hybridized carbons (Fsp3) is 0. The summed E-state index contributed by atoms with van der Waals surface area (Å²) in [4.78, 5) is 11.0. The highest BCUT2D eigenvalue weighted by atomic mass is 16.3. The molecule has 0 amide bonds. The van der Waals surface area contributed by atoms with E-state index in [0.717, 1.165) is 28.6 Å². The fourth-order valence-electron chi connectivity index (χ4n) is 1.94. The van der Waals surface area contributed by atoms with Gasteiger partial charge in [0.1, 0.15) is 11.3 Å². The van der Waals surface area contributed by atoms with Gasteiger partial charge in [0.05, 0.1) is 0 Å². The van der Waals surface area contributed by atoms with Gasteiger partial charge >= 0.3 is 0 Å². The third-order valence-electron chi connectivity index (χ3n) is 2.78. The maximum atomic E-state index is 11.0. The van der Waals surface area contributed by atoms with Gasteiger partial charge in [-0.05, 0) is 12.1 Å². The minimum atomic E-state index is 0.645. The molecule has 3 aromatic rings. The van der Waals surface area contributed by atoms with Crippen molar-refractivity contribution in [2.75, 3.05) is 0 Å². The van der Waals surface area contributed by atoms with Gasteiger partial charge in [-0.2, -0.15) is 0 Å². The first-order chi connectivity index (χ1) is 8.38. The lowest BCUT2D eigenvalue weighted by molar-refractivity contribution is 0.112. The maximum absolute atomic E-state index is 11.0. The number of benzene rings is 2. The summed E-state index contributed by atoms with van der Waals surface area (Å²) in [5.41, 5.74) is 2.31. The molecular weight excluding hydrogens is 212 g/mol. The Morgan fingerprint density at radius 1 is 0.941 bits per heavy atom. The number of hydrogen-bond donors (Lipinski definition) is 0. The Morgan fingerprint density at radius 3 is 2.53 bits per heavy atom. The van der Waals surface area contributed by atoms with Crippen LogP contribution in [-0.4, -0.2) is 6.29 Å². The van der Waals surface area contributed by atoms with E-state index in [1.54, 1.807) is 6.07 Å². The zero-order valence-corrected chi connectivity index (χ0v) is 9.09. The Kier molecular flexibility index (Phi) is 2.26. The summed E-state index contributed by atoms with van der Waals surface area (Å²) in [5.74, 6) is 0.730. The predicted octanol–water partition coefficient (Wildman–Crippen LogP) is 3.91. The molecule has 82 valence electrons. The lowest BCUT2D eigenvalue weighted by Crippen LogP contribution is -1.84. The van der Waals surface area contributed by atoms with Gasteiger partial charge in [-0.1, -0.05) is 42.5 Å². The van der Waals surface area contributed by atoms with Crippen LogP contribution in [0, 0.1) is 0 Å². The normalized spacial score (nSPS) is 10.6. The smallest absolute Gasteiger partial charge is 0.150 e. The lowest BCUT2D eigenvalue weighted by atomic mass is 10.1. The van der Waals surface area contributed by atoms with Crippen molar-refractivity contribution in [3.8, 4) is 11.3 Å². The third kappa shape index (κ3) is 1.64. The van der Waals surface area contributed by atoms with Gasteiger partial charge in [-0.25, -0.2) is 0 Å². The largest absolute Gasteiger partial charge is 0.456 e. The zero-order valence-electron chi connectivity index (χ0n) is 9.09. The molecule has 1 aromatic heterocycles. The molecule has 0 aliphatic carbocycles. The summed E-state index contributed by atoms with van der Waals surface area (Å²) in [6, 6.07) is 17.2. The van der Waals surface area contributed by atoms with E-state index in [1.165, 1.54) is 0 Å². The van der Waals surface area contributed by atoms with Crippen molar-refractivity contribution in [1.29, 1.82) is 0 Å². The first kappa shape index (κ1) is 9.85. The molecule has 0 saturated heterocycles. The molecule has 0 aliphatic heterocycles. The number of fused-ring (bicyclic) bond motifs is 1. The first-order valence-corrected chi connectivity index (χ1v) is 5.41. The second-order valence-electron chi connectivity index (χ2n) is 3.85. The molecule has 17 heavy (non-hydrogen) atoms. The van der Waals surface area contributed by atoms with Gasteiger partial charge in [0.2, 0.25) is 0 Å². The molecule has 1 heterocycles. The standard InChI is InChI=1S/C15H10O2/c16-10-12-6-1-3-7-13(12)15-9-11-5-2-4-8-14(11)17-15/h1-10H. The number of furan rings is 1. The fourth-order valence-corrected chi connectivity index (χ4v) is 1.94. The van der Waals surface area contributed by atoms with Crippen LogP contribution in [0.15, 0.2) is 59.0 Å². The molecule has 0 aliphatic rings. The van der Waals surface area contributed by atoms with Gasteiger partial charge < -0.3 is 4.42 Å². The highest BCUT2D eigenvalue weighted by Crippen LogP contribution is 2.29. The molecule has 0 spiro atoms. The summed E-state index contributed by atoms with van der Waals surface area (Å²) in [6.45, 7) is 0. The molecule has 0 bridgehead atoms. The van der Waals surface area contributed by atoms with Crippen LogP contribution in [0.25, 0.3) is 22.3 Å². The van der Waals surface area contributed by atoms with Crippen molar-refractivity contribution in [3.63, 3.8) is 0 Å². The predicted molar refractivity (Wildman–Crippen MR) is 67.0 cm³/mol. The molecule has 0 fully saturated rings. The Hall–Kier alpha value is -2.35. The molecular formula is C15H10O2. The van der Waals surface area contributed by atoms with E-state index in [4.69, 9.17) is 4.42 Å². The lowest BCUT2D eigenvalue weighted by Gasteiger charge is -1.99.